The number of anilines is 2. The van der Waals surface area contributed by atoms with E-state index in [1.807, 2.05) is 0 Å². The third-order valence-corrected chi connectivity index (χ3v) is 4.05. The van der Waals surface area contributed by atoms with Crippen LogP contribution >= 0.6 is 0 Å². The van der Waals surface area contributed by atoms with Crippen LogP contribution in [0.5, 0.6) is 0 Å². The van der Waals surface area contributed by atoms with Gasteiger partial charge in [0.2, 0.25) is 11.8 Å². The van der Waals surface area contributed by atoms with E-state index in [0.717, 1.165) is 5.69 Å². The fourth-order valence-electron chi connectivity index (χ4n) is 2.60. The zero-order valence-electron chi connectivity index (χ0n) is 15.8. The minimum Gasteiger partial charge on any atom is -0.379 e. The van der Waals surface area contributed by atoms with Crippen molar-refractivity contribution in [2.24, 2.45) is 0 Å². The molecule has 0 saturated heterocycles. The highest BCUT2D eigenvalue weighted by molar-refractivity contribution is 5.94. The number of nitrogens with one attached hydrogen (secondary N) is 3. The molecule has 0 aliphatic carbocycles. The molecule has 2 aromatic carbocycles. The van der Waals surface area contributed by atoms with Crippen molar-refractivity contribution in [2.45, 2.75) is 6.42 Å². The SMILES string of the molecule is O=C(CCNc1ccccc1[N+](=O)[O-])NCC(=O)Nc1ccc(-n2cncn2)cc1. The second kappa shape index (κ2) is 9.78. The minimum absolute atomic E-state index is 0.0614. The van der Waals surface area contributed by atoms with Crippen molar-refractivity contribution in [1.82, 2.24) is 20.1 Å². The van der Waals surface area contributed by atoms with Gasteiger partial charge in [-0.25, -0.2) is 9.67 Å². The Kier molecular flexibility index (Phi) is 6.66. The van der Waals surface area contributed by atoms with Crippen LogP contribution in [0.4, 0.5) is 17.1 Å². The summed E-state index contributed by atoms with van der Waals surface area (Å²) in [6.07, 6.45) is 3.05. The summed E-state index contributed by atoms with van der Waals surface area (Å²) in [6.45, 7) is 0.0111. The maximum absolute atomic E-state index is 12.0. The van der Waals surface area contributed by atoms with Gasteiger partial charge in [0.1, 0.15) is 18.3 Å². The van der Waals surface area contributed by atoms with Crippen LogP contribution in [0.2, 0.25) is 0 Å². The van der Waals surface area contributed by atoms with Gasteiger partial charge >= 0.3 is 0 Å². The molecule has 11 heteroatoms. The van der Waals surface area contributed by atoms with Gasteiger partial charge in [-0.15, -0.1) is 0 Å². The van der Waals surface area contributed by atoms with E-state index in [-0.39, 0.29) is 37.0 Å². The maximum Gasteiger partial charge on any atom is 0.292 e. The second-order valence-corrected chi connectivity index (χ2v) is 6.16. The number of benzene rings is 2. The molecule has 0 radical (unpaired) electrons. The average molecular weight is 409 g/mol. The van der Waals surface area contributed by atoms with Crippen LogP contribution in [0, 0.1) is 10.1 Å². The van der Waals surface area contributed by atoms with Crippen LogP contribution in [0.15, 0.2) is 61.2 Å². The lowest BCUT2D eigenvalue weighted by atomic mass is 10.2. The molecule has 2 amide bonds. The van der Waals surface area contributed by atoms with Crippen molar-refractivity contribution in [3.8, 4) is 5.69 Å². The zero-order valence-corrected chi connectivity index (χ0v) is 15.8. The summed E-state index contributed by atoms with van der Waals surface area (Å²) >= 11 is 0. The molecule has 1 aromatic heterocycles. The van der Waals surface area contributed by atoms with E-state index in [9.17, 15) is 19.7 Å². The van der Waals surface area contributed by atoms with Crippen LogP contribution in [0.3, 0.4) is 0 Å². The molecular weight excluding hydrogens is 390 g/mol. The van der Waals surface area contributed by atoms with Gasteiger partial charge < -0.3 is 16.0 Å². The van der Waals surface area contributed by atoms with Gasteiger partial charge in [0.05, 0.1) is 17.2 Å². The van der Waals surface area contributed by atoms with E-state index in [4.69, 9.17) is 0 Å². The van der Waals surface area contributed by atoms with Crippen LogP contribution in [0.1, 0.15) is 6.42 Å². The molecule has 0 atom stereocenters. The molecule has 1 heterocycles. The van der Waals surface area contributed by atoms with Crippen molar-refractivity contribution >= 4 is 28.9 Å². The van der Waals surface area contributed by atoms with Crippen molar-refractivity contribution in [1.29, 1.82) is 0 Å². The van der Waals surface area contributed by atoms with Gasteiger partial charge in [0.25, 0.3) is 5.69 Å². The quantitative estimate of drug-likeness (QED) is 0.360. The first-order valence-electron chi connectivity index (χ1n) is 9.02. The average Bonchev–Trinajstić information content (AvgIpc) is 3.28. The lowest BCUT2D eigenvalue weighted by Gasteiger charge is -2.09. The number of carbonyl (C=O) groups excluding carboxylic acids is 2. The van der Waals surface area contributed by atoms with Crippen LogP contribution in [-0.2, 0) is 9.59 Å². The van der Waals surface area contributed by atoms with E-state index in [2.05, 4.69) is 26.0 Å². The Balaban J connectivity index is 1.39. The standard InChI is InChI=1S/C19H19N7O4/c27-18(9-10-21-16-3-1-2-4-17(16)26(29)30)22-11-19(28)24-14-5-7-15(8-6-14)25-13-20-12-23-25/h1-8,12-13,21H,9-11H2,(H,22,27)(H,24,28). The number of rotatable bonds is 9. The Labute approximate surface area is 171 Å². The third kappa shape index (κ3) is 5.61. The number of hydrogen-bond donors (Lipinski definition) is 3. The summed E-state index contributed by atoms with van der Waals surface area (Å²) in [5.41, 5.74) is 1.65. The van der Waals surface area contributed by atoms with Crippen molar-refractivity contribution in [2.75, 3.05) is 23.7 Å². The summed E-state index contributed by atoms with van der Waals surface area (Å²) in [5.74, 6) is -0.721. The van der Waals surface area contributed by atoms with Crippen LogP contribution in [0.25, 0.3) is 5.69 Å². The first kappa shape index (κ1) is 20.5. The monoisotopic (exact) mass is 409 g/mol. The number of amides is 2. The predicted molar refractivity (Wildman–Crippen MR) is 109 cm³/mol. The van der Waals surface area contributed by atoms with E-state index in [1.54, 1.807) is 53.5 Å². The number of hydrogen-bond acceptors (Lipinski definition) is 7. The minimum atomic E-state index is -0.495. The summed E-state index contributed by atoms with van der Waals surface area (Å²) < 4.78 is 1.59. The molecule has 3 rings (SSSR count). The van der Waals surface area contributed by atoms with Crippen molar-refractivity contribution in [3.05, 3.63) is 71.3 Å². The second-order valence-electron chi connectivity index (χ2n) is 6.16. The third-order valence-electron chi connectivity index (χ3n) is 4.05. The number of nitro benzene ring substituents is 1. The molecule has 3 aromatic rings. The molecule has 0 unspecified atom stereocenters. The number of aromatic nitrogens is 3. The highest BCUT2D eigenvalue weighted by Crippen LogP contribution is 2.22. The first-order valence-corrected chi connectivity index (χ1v) is 9.02. The molecule has 0 aliphatic heterocycles. The van der Waals surface area contributed by atoms with Crippen molar-refractivity contribution < 1.29 is 14.5 Å². The molecule has 30 heavy (non-hydrogen) atoms. The van der Waals surface area contributed by atoms with Gasteiger partial charge in [0, 0.05) is 24.7 Å². The highest BCUT2D eigenvalue weighted by Gasteiger charge is 2.12. The Hall–Kier alpha value is -4.28. The largest absolute Gasteiger partial charge is 0.379 e. The maximum atomic E-state index is 12.0. The summed E-state index contributed by atoms with van der Waals surface area (Å²) in [6, 6.07) is 13.2. The Morgan fingerprint density at radius 2 is 1.83 bits per heavy atom. The predicted octanol–water partition coefficient (Wildman–Crippen LogP) is 1.73. The Bertz CT molecular complexity index is 1020. The molecule has 3 N–H and O–H groups in total. The molecule has 154 valence electrons. The Morgan fingerprint density at radius 1 is 1.07 bits per heavy atom. The molecule has 0 aliphatic rings. The summed E-state index contributed by atoms with van der Waals surface area (Å²) in [4.78, 5) is 38.2. The topological polar surface area (TPSA) is 144 Å². The van der Waals surface area contributed by atoms with E-state index in [0.29, 0.717) is 11.4 Å². The van der Waals surface area contributed by atoms with Crippen molar-refractivity contribution in [3.63, 3.8) is 0 Å². The van der Waals surface area contributed by atoms with Gasteiger partial charge in [0.15, 0.2) is 0 Å². The fraction of sp³-hybridized carbons (Fsp3) is 0.158. The van der Waals surface area contributed by atoms with Gasteiger partial charge in [-0.1, -0.05) is 12.1 Å². The van der Waals surface area contributed by atoms with Gasteiger partial charge in [-0.05, 0) is 30.3 Å². The van der Waals surface area contributed by atoms with E-state index >= 15 is 0 Å². The molecule has 11 nitrogen and oxygen atoms in total. The zero-order chi connectivity index (χ0) is 21.3. The van der Waals surface area contributed by atoms with Crippen LogP contribution in [-0.4, -0.2) is 44.6 Å². The first-order chi connectivity index (χ1) is 14.5. The van der Waals surface area contributed by atoms with Crippen LogP contribution < -0.4 is 16.0 Å². The number of nitrogens with zero attached hydrogens (tertiary/aromatic N) is 4. The van der Waals surface area contributed by atoms with Gasteiger partial charge in [-0.3, -0.25) is 19.7 Å². The van der Waals surface area contributed by atoms with E-state index in [1.165, 1.54) is 12.4 Å². The summed E-state index contributed by atoms with van der Waals surface area (Å²) in [5, 5.41) is 23.0. The number of nitro groups is 1. The molecular formula is C19H19N7O4. The van der Waals surface area contributed by atoms with E-state index < -0.39 is 4.92 Å². The molecule has 0 spiro atoms. The Morgan fingerprint density at radius 3 is 2.53 bits per heavy atom. The molecule has 0 fully saturated rings. The normalized spacial score (nSPS) is 10.3. The number of para-hydroxylation sites is 2. The summed E-state index contributed by atoms with van der Waals surface area (Å²) in [7, 11) is 0. The number of carbonyl (C=O) groups is 2. The lowest BCUT2D eigenvalue weighted by molar-refractivity contribution is -0.384. The fourth-order valence-corrected chi connectivity index (χ4v) is 2.60. The smallest absolute Gasteiger partial charge is 0.292 e. The lowest BCUT2D eigenvalue weighted by Crippen LogP contribution is -2.33. The molecule has 0 saturated carbocycles. The highest BCUT2D eigenvalue weighted by atomic mass is 16.6. The van der Waals surface area contributed by atoms with Gasteiger partial charge in [-0.2, -0.15) is 5.10 Å². The molecule has 0 bridgehead atoms.